The molecule has 8 nitrogen and oxygen atoms in total. The standard InChI is InChI=1S/C20H24N6O2/c1-14(13-16-7-5-6-8-19(16)28-4)25(3)20(27)21-17-9-11-18(12-10-17)26-15(2)22-23-24-26/h5-12,14H,13H2,1-4H3,(H,21,27). The molecule has 0 radical (unpaired) electrons. The molecule has 2 aromatic carbocycles. The summed E-state index contributed by atoms with van der Waals surface area (Å²) in [5.41, 5.74) is 2.60. The van der Waals surface area contributed by atoms with Gasteiger partial charge in [-0.3, -0.25) is 0 Å². The molecule has 0 spiro atoms. The molecular weight excluding hydrogens is 356 g/mol. The van der Waals surface area contributed by atoms with Gasteiger partial charge in [0.15, 0.2) is 5.82 Å². The number of carbonyl (C=O) groups is 1. The number of hydrogen-bond acceptors (Lipinski definition) is 5. The van der Waals surface area contributed by atoms with E-state index in [0.29, 0.717) is 17.9 Å². The number of nitrogens with one attached hydrogen (secondary N) is 1. The first-order chi connectivity index (χ1) is 13.5. The number of methoxy groups -OCH3 is 1. The maximum absolute atomic E-state index is 12.6. The first kappa shape index (κ1) is 19.3. The molecule has 0 bridgehead atoms. The third kappa shape index (κ3) is 4.28. The fourth-order valence-corrected chi connectivity index (χ4v) is 2.89. The number of aromatic nitrogens is 4. The third-order valence-corrected chi connectivity index (χ3v) is 4.68. The van der Waals surface area contributed by atoms with Crippen molar-refractivity contribution < 1.29 is 9.53 Å². The van der Waals surface area contributed by atoms with Gasteiger partial charge >= 0.3 is 6.03 Å². The summed E-state index contributed by atoms with van der Waals surface area (Å²) < 4.78 is 7.03. The Balaban J connectivity index is 1.62. The van der Waals surface area contributed by atoms with Gasteiger partial charge in [0.2, 0.25) is 0 Å². The number of rotatable bonds is 6. The van der Waals surface area contributed by atoms with E-state index in [4.69, 9.17) is 4.74 Å². The number of urea groups is 1. The van der Waals surface area contributed by atoms with Crippen LogP contribution < -0.4 is 10.1 Å². The Labute approximate surface area is 164 Å². The van der Waals surface area contributed by atoms with Crippen LogP contribution in [-0.2, 0) is 6.42 Å². The fraction of sp³-hybridized carbons (Fsp3) is 0.300. The summed E-state index contributed by atoms with van der Waals surface area (Å²) in [6.45, 7) is 3.84. The highest BCUT2D eigenvalue weighted by molar-refractivity contribution is 5.89. The van der Waals surface area contributed by atoms with E-state index < -0.39 is 0 Å². The van der Waals surface area contributed by atoms with Crippen LogP contribution in [-0.4, -0.2) is 51.3 Å². The molecule has 0 saturated heterocycles. The van der Waals surface area contributed by atoms with Crippen molar-refractivity contribution >= 4 is 11.7 Å². The molecule has 0 saturated carbocycles. The second kappa shape index (κ2) is 8.51. The normalized spacial score (nSPS) is 11.7. The van der Waals surface area contributed by atoms with E-state index in [1.165, 1.54) is 0 Å². The van der Waals surface area contributed by atoms with E-state index in [2.05, 4.69) is 20.8 Å². The average Bonchev–Trinajstić information content (AvgIpc) is 3.14. The van der Waals surface area contributed by atoms with E-state index in [1.807, 2.05) is 62.4 Å². The van der Waals surface area contributed by atoms with Crippen LogP contribution in [0, 0.1) is 6.92 Å². The fourth-order valence-electron chi connectivity index (χ4n) is 2.89. The maximum atomic E-state index is 12.6. The van der Waals surface area contributed by atoms with Gasteiger partial charge in [0.25, 0.3) is 0 Å². The molecule has 1 atom stereocenters. The molecule has 28 heavy (non-hydrogen) atoms. The highest BCUT2D eigenvalue weighted by atomic mass is 16.5. The van der Waals surface area contributed by atoms with Crippen molar-refractivity contribution in [2.45, 2.75) is 26.3 Å². The quantitative estimate of drug-likeness (QED) is 0.710. The lowest BCUT2D eigenvalue weighted by Crippen LogP contribution is -2.39. The lowest BCUT2D eigenvalue weighted by molar-refractivity contribution is 0.207. The van der Waals surface area contributed by atoms with Gasteiger partial charge < -0.3 is 15.0 Å². The van der Waals surface area contributed by atoms with E-state index in [1.54, 1.807) is 23.7 Å². The maximum Gasteiger partial charge on any atom is 0.321 e. The van der Waals surface area contributed by atoms with E-state index in [9.17, 15) is 4.79 Å². The summed E-state index contributed by atoms with van der Waals surface area (Å²) in [5, 5.41) is 14.4. The smallest absolute Gasteiger partial charge is 0.321 e. The number of anilines is 1. The summed E-state index contributed by atoms with van der Waals surface area (Å²) in [6.07, 6.45) is 0.700. The monoisotopic (exact) mass is 380 g/mol. The van der Waals surface area contributed by atoms with Gasteiger partial charge in [-0.15, -0.1) is 5.10 Å². The second-order valence-corrected chi connectivity index (χ2v) is 6.59. The second-order valence-electron chi connectivity index (χ2n) is 6.59. The first-order valence-corrected chi connectivity index (χ1v) is 9.00. The largest absolute Gasteiger partial charge is 0.496 e. The Bertz CT molecular complexity index is 938. The van der Waals surface area contributed by atoms with Gasteiger partial charge in [-0.25, -0.2) is 4.79 Å². The number of ether oxygens (including phenoxy) is 1. The lowest BCUT2D eigenvalue weighted by atomic mass is 10.1. The molecule has 0 fully saturated rings. The Morgan fingerprint density at radius 2 is 1.93 bits per heavy atom. The average molecular weight is 380 g/mol. The molecule has 0 aliphatic carbocycles. The van der Waals surface area contributed by atoms with E-state index >= 15 is 0 Å². The number of likely N-dealkylation sites (N-methyl/N-ethyl adjacent to an activating group) is 1. The minimum absolute atomic E-state index is 0.000513. The highest BCUT2D eigenvalue weighted by Crippen LogP contribution is 2.21. The molecule has 8 heteroatoms. The van der Waals surface area contributed by atoms with Crippen LogP contribution >= 0.6 is 0 Å². The molecule has 1 unspecified atom stereocenters. The molecule has 0 aliphatic heterocycles. The van der Waals surface area contributed by atoms with Crippen molar-refractivity contribution in [2.75, 3.05) is 19.5 Å². The third-order valence-electron chi connectivity index (χ3n) is 4.68. The summed E-state index contributed by atoms with van der Waals surface area (Å²) in [6, 6.07) is 15.0. The van der Waals surface area contributed by atoms with Gasteiger partial charge in [0.1, 0.15) is 5.75 Å². The Morgan fingerprint density at radius 3 is 2.57 bits per heavy atom. The van der Waals surface area contributed by atoms with Crippen molar-refractivity contribution in [1.82, 2.24) is 25.1 Å². The molecule has 1 aromatic heterocycles. The zero-order valence-corrected chi connectivity index (χ0v) is 16.5. The van der Waals surface area contributed by atoms with Gasteiger partial charge in [0, 0.05) is 18.8 Å². The van der Waals surface area contributed by atoms with Crippen LogP contribution in [0.1, 0.15) is 18.3 Å². The van der Waals surface area contributed by atoms with Crippen LogP contribution in [0.5, 0.6) is 5.75 Å². The lowest BCUT2D eigenvalue weighted by Gasteiger charge is -2.26. The first-order valence-electron chi connectivity index (χ1n) is 9.00. The summed E-state index contributed by atoms with van der Waals surface area (Å²) in [7, 11) is 3.44. The van der Waals surface area contributed by atoms with Crippen molar-refractivity contribution in [2.24, 2.45) is 0 Å². The Morgan fingerprint density at radius 1 is 1.21 bits per heavy atom. The number of hydrogen-bond donors (Lipinski definition) is 1. The molecule has 1 heterocycles. The zero-order valence-electron chi connectivity index (χ0n) is 16.5. The van der Waals surface area contributed by atoms with Crippen molar-refractivity contribution in [3.63, 3.8) is 0 Å². The van der Waals surface area contributed by atoms with E-state index in [-0.39, 0.29) is 12.1 Å². The van der Waals surface area contributed by atoms with Crippen molar-refractivity contribution in [1.29, 1.82) is 0 Å². The predicted molar refractivity (Wildman–Crippen MR) is 107 cm³/mol. The minimum Gasteiger partial charge on any atom is -0.496 e. The highest BCUT2D eigenvalue weighted by Gasteiger charge is 2.18. The topological polar surface area (TPSA) is 85.2 Å². The van der Waals surface area contributed by atoms with Crippen LogP contribution in [0.25, 0.3) is 5.69 Å². The predicted octanol–water partition coefficient (Wildman–Crippen LogP) is 3.07. The van der Waals surface area contributed by atoms with Crippen molar-refractivity contribution in [3.8, 4) is 11.4 Å². The number of tetrazole rings is 1. The van der Waals surface area contributed by atoms with Gasteiger partial charge in [0.05, 0.1) is 12.8 Å². The SMILES string of the molecule is COc1ccccc1CC(C)N(C)C(=O)Nc1ccc(-n2nnnc2C)cc1. The van der Waals surface area contributed by atoms with Gasteiger partial charge in [-0.1, -0.05) is 18.2 Å². The number of para-hydroxylation sites is 1. The van der Waals surface area contributed by atoms with Crippen LogP contribution in [0.15, 0.2) is 48.5 Å². The molecule has 146 valence electrons. The number of nitrogens with zero attached hydrogens (tertiary/aromatic N) is 5. The number of aryl methyl sites for hydroxylation is 1. The number of carbonyl (C=O) groups excluding carboxylic acids is 1. The van der Waals surface area contributed by atoms with Gasteiger partial charge in [-0.05, 0) is 66.6 Å². The molecule has 1 N–H and O–H groups in total. The summed E-state index contributed by atoms with van der Waals surface area (Å²) in [4.78, 5) is 14.3. The molecular formula is C20H24N6O2. The van der Waals surface area contributed by atoms with Crippen LogP contribution in [0.4, 0.5) is 10.5 Å². The molecule has 0 aliphatic rings. The molecule has 3 aromatic rings. The Kier molecular flexibility index (Phi) is 5.88. The zero-order chi connectivity index (χ0) is 20.1. The van der Waals surface area contributed by atoms with Crippen molar-refractivity contribution in [3.05, 3.63) is 59.9 Å². The number of benzene rings is 2. The summed E-state index contributed by atoms with van der Waals surface area (Å²) >= 11 is 0. The molecule has 3 rings (SSSR count). The number of amides is 2. The van der Waals surface area contributed by atoms with E-state index in [0.717, 1.165) is 17.0 Å². The minimum atomic E-state index is -0.172. The van der Waals surface area contributed by atoms with Gasteiger partial charge in [-0.2, -0.15) is 4.68 Å². The molecule has 2 amide bonds. The Hall–Kier alpha value is -3.42. The van der Waals surface area contributed by atoms with Crippen LogP contribution in [0.2, 0.25) is 0 Å². The summed E-state index contributed by atoms with van der Waals surface area (Å²) in [5.74, 6) is 1.53. The van der Waals surface area contributed by atoms with Crippen LogP contribution in [0.3, 0.4) is 0 Å².